The van der Waals surface area contributed by atoms with Crippen LogP contribution in [-0.2, 0) is 0 Å². The first-order valence-corrected chi connectivity index (χ1v) is 11.5. The van der Waals surface area contributed by atoms with Crippen LogP contribution in [0.1, 0.15) is 64.9 Å². The molecule has 0 unspecified atom stereocenters. The lowest BCUT2D eigenvalue weighted by Crippen LogP contribution is -2.32. The first kappa shape index (κ1) is 18.0. The van der Waals surface area contributed by atoms with Gasteiger partial charge >= 0.3 is 0 Å². The van der Waals surface area contributed by atoms with Gasteiger partial charge in [0.05, 0.1) is 0 Å². The second kappa shape index (κ2) is 10.7. The van der Waals surface area contributed by atoms with Gasteiger partial charge in [-0.05, 0) is 30.3 Å². The third kappa shape index (κ3) is 7.00. The van der Waals surface area contributed by atoms with E-state index in [1.807, 2.05) is 0 Å². The lowest BCUT2D eigenvalue weighted by molar-refractivity contribution is 0.802. The Kier molecular flexibility index (Phi) is 9.18. The Labute approximate surface area is 133 Å². The lowest BCUT2D eigenvalue weighted by Gasteiger charge is -2.26. The number of hydrogen-bond acceptors (Lipinski definition) is 0. The molecule has 0 saturated heterocycles. The third-order valence-electron chi connectivity index (χ3n) is 4.27. The second-order valence-electron chi connectivity index (χ2n) is 6.21. The average molecular weight is 301 g/mol. The smallest absolute Gasteiger partial charge is 0.126 e. The minimum absolute atomic E-state index is 1.19. The van der Waals surface area contributed by atoms with Crippen molar-refractivity contribution in [2.45, 2.75) is 77.4 Å². The fourth-order valence-corrected chi connectivity index (χ4v) is 7.46. The fraction of sp³-hybridized carbons (Fsp3) is 0.600. The monoisotopic (exact) mass is 300 g/mol. The van der Waals surface area contributed by atoms with Crippen molar-refractivity contribution in [3.05, 3.63) is 35.9 Å². The summed E-state index contributed by atoms with van der Waals surface area (Å²) in [5.74, 6) is 3.52. The number of unbranched alkanes of at least 4 members (excludes halogenated alkanes) is 3. The van der Waals surface area contributed by atoms with E-state index in [0.717, 1.165) is 0 Å². The predicted molar refractivity (Wildman–Crippen MR) is 98.2 cm³/mol. The molecule has 0 fully saturated rings. The van der Waals surface area contributed by atoms with Crippen molar-refractivity contribution in [1.29, 1.82) is 0 Å². The summed E-state index contributed by atoms with van der Waals surface area (Å²) in [4.78, 5) is 0. The van der Waals surface area contributed by atoms with Crippen molar-refractivity contribution >= 4 is 8.07 Å². The van der Waals surface area contributed by atoms with Gasteiger partial charge in [-0.25, -0.2) is 0 Å². The Bertz CT molecular complexity index is 402. The van der Waals surface area contributed by atoms with E-state index in [2.05, 4.69) is 62.6 Å². The van der Waals surface area contributed by atoms with Crippen LogP contribution in [0.25, 0.3) is 0 Å². The zero-order valence-electron chi connectivity index (χ0n) is 14.3. The quantitative estimate of drug-likeness (QED) is 0.364. The molecule has 21 heavy (non-hydrogen) atoms. The molecule has 0 atom stereocenters. The zero-order valence-corrected chi connectivity index (χ0v) is 15.3. The Hall–Kier alpha value is -1.00. The highest BCUT2D eigenvalue weighted by Crippen LogP contribution is 2.27. The Morgan fingerprint density at radius 1 is 0.762 bits per heavy atom. The van der Waals surface area contributed by atoms with Gasteiger partial charge in [-0.15, -0.1) is 5.54 Å². The summed E-state index contributed by atoms with van der Waals surface area (Å²) in [5.41, 5.74) is 5.04. The summed E-state index contributed by atoms with van der Waals surface area (Å²) < 4.78 is 0. The minimum atomic E-state index is -1.40. The lowest BCUT2D eigenvalue weighted by atomic mass is 10.2. The first-order chi connectivity index (χ1) is 10.3. The summed E-state index contributed by atoms with van der Waals surface area (Å²) in [6, 6.07) is 14.8. The molecule has 0 aromatic heterocycles. The maximum atomic E-state index is 3.84. The van der Waals surface area contributed by atoms with Gasteiger partial charge in [0.2, 0.25) is 0 Å². The van der Waals surface area contributed by atoms with Gasteiger partial charge in [-0.2, -0.15) is 0 Å². The van der Waals surface area contributed by atoms with Gasteiger partial charge in [0.15, 0.2) is 0 Å². The van der Waals surface area contributed by atoms with Crippen LogP contribution in [0.4, 0.5) is 0 Å². The van der Waals surface area contributed by atoms with E-state index < -0.39 is 8.07 Å². The van der Waals surface area contributed by atoms with E-state index in [-0.39, 0.29) is 0 Å². The van der Waals surface area contributed by atoms with Crippen LogP contribution in [0.5, 0.6) is 0 Å². The molecule has 116 valence electrons. The van der Waals surface area contributed by atoms with E-state index >= 15 is 0 Å². The highest BCUT2D eigenvalue weighted by atomic mass is 28.3. The molecule has 0 aliphatic rings. The van der Waals surface area contributed by atoms with Crippen molar-refractivity contribution < 1.29 is 0 Å². The van der Waals surface area contributed by atoms with Gasteiger partial charge < -0.3 is 0 Å². The summed E-state index contributed by atoms with van der Waals surface area (Å²) in [5, 5.41) is 0. The van der Waals surface area contributed by atoms with Crippen LogP contribution >= 0.6 is 0 Å². The van der Waals surface area contributed by atoms with E-state index in [0.29, 0.717) is 0 Å². The van der Waals surface area contributed by atoms with E-state index in [4.69, 9.17) is 0 Å². The van der Waals surface area contributed by atoms with Gasteiger partial charge in [-0.3, -0.25) is 0 Å². The molecule has 0 spiro atoms. The maximum Gasteiger partial charge on any atom is 0.138 e. The average Bonchev–Trinajstić information content (AvgIpc) is 2.54. The topological polar surface area (TPSA) is 0 Å². The standard InChI is InChI=1S/C20H32Si/c1-4-7-16-21(17-8-5-2,18-9-6-3)19-15-20-13-11-10-12-14-20/h10-14H,4-9,16-18H2,1-3H3. The van der Waals surface area contributed by atoms with Gasteiger partial charge in [0.1, 0.15) is 8.07 Å². The van der Waals surface area contributed by atoms with Gasteiger partial charge in [0, 0.05) is 5.56 Å². The SMILES string of the molecule is CCCC[Si](C#Cc1ccccc1)(CCCC)CCCC. The van der Waals surface area contributed by atoms with Crippen LogP contribution in [0.15, 0.2) is 30.3 Å². The molecule has 1 aromatic rings. The largest absolute Gasteiger partial charge is 0.138 e. The predicted octanol–water partition coefficient (Wildman–Crippen LogP) is 6.43. The van der Waals surface area contributed by atoms with E-state index in [1.165, 1.54) is 62.2 Å². The molecule has 0 N–H and O–H groups in total. The molecule has 0 bridgehead atoms. The van der Waals surface area contributed by atoms with Crippen molar-refractivity contribution in [2.75, 3.05) is 0 Å². The van der Waals surface area contributed by atoms with Crippen molar-refractivity contribution in [2.24, 2.45) is 0 Å². The molecule has 0 aliphatic heterocycles. The normalized spacial score (nSPS) is 11.0. The molecule has 0 amide bonds. The second-order valence-corrected chi connectivity index (χ2v) is 10.5. The van der Waals surface area contributed by atoms with Crippen LogP contribution in [0, 0.1) is 11.5 Å². The molecule has 0 aliphatic carbocycles. The molecule has 0 saturated carbocycles. The zero-order chi connectivity index (χ0) is 15.4. The molecular formula is C20H32Si. The maximum absolute atomic E-state index is 3.84. The van der Waals surface area contributed by atoms with Gasteiger partial charge in [0.25, 0.3) is 0 Å². The first-order valence-electron chi connectivity index (χ1n) is 8.84. The van der Waals surface area contributed by atoms with Gasteiger partial charge in [-0.1, -0.05) is 83.4 Å². The molecular weight excluding hydrogens is 268 g/mol. The highest BCUT2D eigenvalue weighted by molar-refractivity contribution is 6.87. The highest BCUT2D eigenvalue weighted by Gasteiger charge is 2.29. The van der Waals surface area contributed by atoms with Crippen molar-refractivity contribution in [3.8, 4) is 11.5 Å². The van der Waals surface area contributed by atoms with Crippen LogP contribution in [0.3, 0.4) is 0 Å². The molecule has 0 nitrogen and oxygen atoms in total. The molecule has 0 radical (unpaired) electrons. The fourth-order valence-electron chi connectivity index (χ4n) is 2.83. The Morgan fingerprint density at radius 3 is 1.67 bits per heavy atom. The van der Waals surface area contributed by atoms with E-state index in [1.54, 1.807) is 0 Å². The Morgan fingerprint density at radius 2 is 1.24 bits per heavy atom. The molecule has 1 heteroatoms. The van der Waals surface area contributed by atoms with Crippen LogP contribution < -0.4 is 0 Å². The van der Waals surface area contributed by atoms with Crippen molar-refractivity contribution in [1.82, 2.24) is 0 Å². The summed E-state index contributed by atoms with van der Waals surface area (Å²) >= 11 is 0. The summed E-state index contributed by atoms with van der Waals surface area (Å²) in [6.45, 7) is 6.93. The third-order valence-corrected chi connectivity index (χ3v) is 8.86. The Balaban J connectivity index is 2.92. The van der Waals surface area contributed by atoms with E-state index in [9.17, 15) is 0 Å². The van der Waals surface area contributed by atoms with Crippen molar-refractivity contribution in [3.63, 3.8) is 0 Å². The molecule has 0 heterocycles. The van der Waals surface area contributed by atoms with Crippen LogP contribution in [-0.4, -0.2) is 8.07 Å². The summed E-state index contributed by atoms with van der Waals surface area (Å²) in [7, 11) is -1.40. The number of hydrogen-bond donors (Lipinski definition) is 0. The molecule has 1 rings (SSSR count). The summed E-state index contributed by atoms with van der Waals surface area (Å²) in [6.07, 6.45) is 8.01. The molecule has 1 aromatic carbocycles. The van der Waals surface area contributed by atoms with Crippen LogP contribution in [0.2, 0.25) is 18.1 Å². The number of benzene rings is 1. The minimum Gasteiger partial charge on any atom is -0.126 e. The number of rotatable bonds is 9.